The number of rotatable bonds is 2. The first kappa shape index (κ1) is 17.5. The van der Waals surface area contributed by atoms with Gasteiger partial charge in [-0.25, -0.2) is 4.39 Å². The molecule has 0 saturated carbocycles. The van der Waals surface area contributed by atoms with Crippen LogP contribution in [0, 0.1) is 5.82 Å². The van der Waals surface area contributed by atoms with Crippen LogP contribution in [0.25, 0.3) is 0 Å². The third-order valence-corrected chi connectivity index (χ3v) is 3.98. The van der Waals surface area contributed by atoms with Gasteiger partial charge in [-0.1, -0.05) is 20.3 Å². The molecule has 0 spiro atoms. The standard InChI is InChI=1S/C12H12BrF4NOS/c1-11(2,3)20(19)18-6-7-4-8(13)5-9(10(7)14)12(15,16)17/h4-6H,1-3H3/t20-/m1/s1. The van der Waals surface area contributed by atoms with Gasteiger partial charge in [-0.3, -0.25) is 0 Å². The summed E-state index contributed by atoms with van der Waals surface area (Å²) in [7, 11) is 0. The zero-order chi connectivity index (χ0) is 15.7. The summed E-state index contributed by atoms with van der Waals surface area (Å²) in [5.41, 5.74) is -1.76. The molecule has 0 unspecified atom stereocenters. The minimum absolute atomic E-state index is 0.0641. The Labute approximate surface area is 125 Å². The summed E-state index contributed by atoms with van der Waals surface area (Å²) in [6.45, 7) is 4.95. The highest BCUT2D eigenvalue weighted by atomic mass is 79.9. The summed E-state index contributed by atoms with van der Waals surface area (Å²) in [5, 5.41) is 0. The van der Waals surface area contributed by atoms with Crippen LogP contribution in [0.3, 0.4) is 0 Å². The van der Waals surface area contributed by atoms with Crippen LogP contribution in [0.4, 0.5) is 17.6 Å². The molecule has 0 N–H and O–H groups in total. The Morgan fingerprint density at radius 2 is 1.80 bits per heavy atom. The van der Waals surface area contributed by atoms with Gasteiger partial charge in [0.15, 0.2) is 0 Å². The minimum atomic E-state index is -4.81. The van der Waals surface area contributed by atoms with Crippen LogP contribution >= 0.6 is 15.9 Å². The fourth-order valence-electron chi connectivity index (χ4n) is 1.17. The zero-order valence-corrected chi connectivity index (χ0v) is 13.3. The van der Waals surface area contributed by atoms with Crippen molar-refractivity contribution in [2.45, 2.75) is 31.7 Å². The van der Waals surface area contributed by atoms with Crippen LogP contribution in [0.15, 0.2) is 21.0 Å². The van der Waals surface area contributed by atoms with Gasteiger partial charge in [0.05, 0.1) is 11.8 Å². The Hall–Kier alpha value is -0.600. The maximum absolute atomic E-state index is 13.8. The molecule has 0 bridgehead atoms. The molecule has 0 aliphatic rings. The third-order valence-electron chi connectivity index (χ3n) is 2.18. The molecule has 112 valence electrons. The first-order valence-corrected chi connectivity index (χ1v) is 7.35. The summed E-state index contributed by atoms with van der Waals surface area (Å²) in [5.74, 6) is -1.43. The van der Waals surface area contributed by atoms with E-state index in [2.05, 4.69) is 20.3 Å². The van der Waals surface area contributed by atoms with Crippen molar-refractivity contribution in [3.05, 3.63) is 33.5 Å². The zero-order valence-electron chi connectivity index (χ0n) is 10.9. The summed E-state index contributed by atoms with van der Waals surface area (Å²) in [6.07, 6.45) is -3.95. The molecule has 0 saturated heterocycles. The molecule has 20 heavy (non-hydrogen) atoms. The van der Waals surface area contributed by atoms with E-state index in [1.807, 2.05) is 0 Å². The second kappa shape index (κ2) is 6.03. The first-order valence-electron chi connectivity index (χ1n) is 5.45. The van der Waals surface area contributed by atoms with E-state index in [4.69, 9.17) is 0 Å². The third kappa shape index (κ3) is 4.46. The monoisotopic (exact) mass is 373 g/mol. The predicted octanol–water partition coefficient (Wildman–Crippen LogP) is 4.49. The summed E-state index contributed by atoms with van der Waals surface area (Å²) in [4.78, 5) is 0. The van der Waals surface area contributed by atoms with Crippen molar-refractivity contribution < 1.29 is 22.1 Å². The van der Waals surface area contributed by atoms with Crippen molar-refractivity contribution in [2.24, 2.45) is 4.40 Å². The van der Waals surface area contributed by atoms with Gasteiger partial charge in [-0.2, -0.15) is 13.2 Å². The van der Waals surface area contributed by atoms with Gasteiger partial charge in [0, 0.05) is 10.0 Å². The highest BCUT2D eigenvalue weighted by Crippen LogP contribution is 2.34. The number of nitrogens with zero attached hydrogens (tertiary/aromatic N) is 1. The predicted molar refractivity (Wildman–Crippen MR) is 74.6 cm³/mol. The number of benzene rings is 1. The van der Waals surface area contributed by atoms with E-state index in [9.17, 15) is 22.1 Å². The smallest absolute Gasteiger partial charge is 0.419 e. The first-order chi connectivity index (χ1) is 8.93. The molecule has 0 aliphatic heterocycles. The van der Waals surface area contributed by atoms with Crippen LogP contribution in [0.2, 0.25) is 0 Å². The Kier molecular flexibility index (Phi) is 5.26. The van der Waals surface area contributed by atoms with Crippen molar-refractivity contribution in [1.29, 1.82) is 0 Å². The number of alkyl halides is 3. The van der Waals surface area contributed by atoms with Crippen molar-refractivity contribution in [1.82, 2.24) is 0 Å². The van der Waals surface area contributed by atoms with Crippen molar-refractivity contribution in [3.63, 3.8) is 0 Å². The molecule has 1 atom stereocenters. The average molecular weight is 374 g/mol. The van der Waals surface area contributed by atoms with Gasteiger partial charge in [-0.15, -0.1) is 0 Å². The van der Waals surface area contributed by atoms with E-state index in [0.717, 1.165) is 12.3 Å². The van der Waals surface area contributed by atoms with Gasteiger partial charge in [0.25, 0.3) is 0 Å². The molecule has 1 aromatic carbocycles. The Balaban J connectivity index is 3.21. The topological polar surface area (TPSA) is 35.4 Å². The van der Waals surface area contributed by atoms with E-state index >= 15 is 0 Å². The largest absolute Gasteiger partial charge is 0.591 e. The van der Waals surface area contributed by atoms with Crippen molar-refractivity contribution >= 4 is 33.5 Å². The lowest BCUT2D eigenvalue weighted by Gasteiger charge is -2.17. The summed E-state index contributed by atoms with van der Waals surface area (Å²) in [6, 6.07) is 1.79. The molecule has 0 amide bonds. The van der Waals surface area contributed by atoms with E-state index in [1.54, 1.807) is 20.8 Å². The van der Waals surface area contributed by atoms with E-state index in [1.165, 1.54) is 0 Å². The van der Waals surface area contributed by atoms with Crippen LogP contribution < -0.4 is 0 Å². The lowest BCUT2D eigenvalue weighted by Crippen LogP contribution is -2.26. The fourth-order valence-corrected chi connectivity index (χ4v) is 2.17. The molecule has 1 aromatic rings. The van der Waals surface area contributed by atoms with Gasteiger partial charge >= 0.3 is 6.18 Å². The Bertz CT molecular complexity index is 525. The second-order valence-corrected chi connectivity index (χ2v) is 7.80. The second-order valence-electron chi connectivity index (χ2n) is 4.95. The lowest BCUT2D eigenvalue weighted by molar-refractivity contribution is -0.140. The maximum Gasteiger partial charge on any atom is 0.419 e. The molecule has 1 rings (SSSR count). The fraction of sp³-hybridized carbons (Fsp3) is 0.417. The van der Waals surface area contributed by atoms with E-state index in [-0.39, 0.29) is 10.0 Å². The molecule has 0 heterocycles. The van der Waals surface area contributed by atoms with Crippen molar-refractivity contribution in [2.75, 3.05) is 0 Å². The number of hydrogen-bond donors (Lipinski definition) is 0. The van der Waals surface area contributed by atoms with Crippen LogP contribution in [0.1, 0.15) is 31.9 Å². The van der Waals surface area contributed by atoms with Gasteiger partial charge in [0.1, 0.15) is 21.9 Å². The van der Waals surface area contributed by atoms with Crippen LogP contribution in [0.5, 0.6) is 0 Å². The van der Waals surface area contributed by atoms with Gasteiger partial charge in [0.2, 0.25) is 0 Å². The van der Waals surface area contributed by atoms with Gasteiger partial charge in [-0.05, 0) is 32.9 Å². The highest BCUT2D eigenvalue weighted by molar-refractivity contribution is 9.10. The number of hydrogen-bond acceptors (Lipinski definition) is 2. The molecule has 0 radical (unpaired) electrons. The van der Waals surface area contributed by atoms with Crippen molar-refractivity contribution in [3.8, 4) is 0 Å². The van der Waals surface area contributed by atoms with E-state index < -0.39 is 33.7 Å². The normalized spacial score (nSPS) is 14.8. The lowest BCUT2D eigenvalue weighted by atomic mass is 10.1. The number of halogens is 5. The molecular formula is C12H12BrF4NOS. The molecular weight excluding hydrogens is 362 g/mol. The van der Waals surface area contributed by atoms with Crippen LogP contribution in [-0.2, 0) is 17.5 Å². The molecule has 0 fully saturated rings. The Morgan fingerprint density at radius 3 is 2.25 bits per heavy atom. The molecule has 0 aromatic heterocycles. The van der Waals surface area contributed by atoms with Gasteiger partial charge < -0.3 is 4.55 Å². The summed E-state index contributed by atoms with van der Waals surface area (Å²) >= 11 is 1.21. The quantitative estimate of drug-likeness (QED) is 0.427. The maximum atomic E-state index is 13.8. The molecule has 0 aliphatic carbocycles. The highest BCUT2D eigenvalue weighted by Gasteiger charge is 2.35. The Morgan fingerprint density at radius 1 is 1.25 bits per heavy atom. The SMILES string of the molecule is CC(C)(C)[S@@+]([O-])N=Cc1cc(Br)cc(C(F)(F)F)c1F. The molecule has 8 heteroatoms. The average Bonchev–Trinajstić information content (AvgIpc) is 2.26. The van der Waals surface area contributed by atoms with E-state index in [0.29, 0.717) is 6.07 Å². The molecule has 2 nitrogen and oxygen atoms in total. The minimum Gasteiger partial charge on any atom is -0.591 e. The summed E-state index contributed by atoms with van der Waals surface area (Å²) < 4.78 is 66.3. The van der Waals surface area contributed by atoms with Crippen LogP contribution in [-0.4, -0.2) is 15.5 Å².